The number of methoxy groups -OCH3 is 1. The van der Waals surface area contributed by atoms with E-state index in [0.717, 1.165) is 55.6 Å². The van der Waals surface area contributed by atoms with E-state index >= 15 is 0 Å². The average Bonchev–Trinajstić information content (AvgIpc) is 3.30. The number of carbonyl (C=O) groups excluding carboxylic acids is 1. The molecule has 0 spiro atoms. The van der Waals surface area contributed by atoms with Crippen LogP contribution in [0.3, 0.4) is 0 Å². The molecule has 2 aromatic rings. The number of nitrogens with zero attached hydrogens (tertiary/aromatic N) is 2. The van der Waals surface area contributed by atoms with Crippen LogP contribution in [0.1, 0.15) is 65.0 Å². The van der Waals surface area contributed by atoms with Gasteiger partial charge in [-0.2, -0.15) is 0 Å². The Balaban J connectivity index is 1.58. The zero-order valence-corrected chi connectivity index (χ0v) is 20.3. The molecule has 2 aliphatic rings. The predicted octanol–water partition coefficient (Wildman–Crippen LogP) is 3.85. The lowest BCUT2D eigenvalue weighted by Gasteiger charge is -2.28. The van der Waals surface area contributed by atoms with E-state index < -0.39 is 0 Å². The summed E-state index contributed by atoms with van der Waals surface area (Å²) in [5, 5.41) is 3.05. The van der Waals surface area contributed by atoms with E-state index in [-0.39, 0.29) is 11.3 Å². The first-order chi connectivity index (χ1) is 16.0. The third-order valence-electron chi connectivity index (χ3n) is 7.28. The monoisotopic (exact) mass is 451 g/mol. The fourth-order valence-corrected chi connectivity index (χ4v) is 5.49. The minimum absolute atomic E-state index is 0.182. The average molecular weight is 452 g/mol. The Morgan fingerprint density at radius 2 is 1.97 bits per heavy atom. The molecule has 4 rings (SSSR count). The third-order valence-corrected chi connectivity index (χ3v) is 7.28. The van der Waals surface area contributed by atoms with Crippen LogP contribution in [0.2, 0.25) is 0 Å². The van der Waals surface area contributed by atoms with E-state index in [1.165, 1.54) is 24.1 Å². The number of nitrogens with one attached hydrogen (secondary N) is 1. The number of hydrogen-bond acceptors (Lipinski definition) is 4. The standard InChI is InChI=1S/C27H37N3O3/c1-19-15-25(31)26(24(30(19)13-14-33-3)17-20-7-4-5-8-20)27(32)28-18-21-10-11-23-22(16-21)9-6-12-29(23)2/h10-11,15-16,20H,4-9,12-14,17-18H2,1-3H3,(H,28,32). The Morgan fingerprint density at radius 3 is 2.73 bits per heavy atom. The van der Waals surface area contributed by atoms with Crippen LogP contribution in [-0.4, -0.2) is 37.8 Å². The van der Waals surface area contributed by atoms with E-state index in [9.17, 15) is 9.59 Å². The first-order valence-electron chi connectivity index (χ1n) is 12.3. The van der Waals surface area contributed by atoms with Crippen LogP contribution in [0.4, 0.5) is 5.69 Å². The topological polar surface area (TPSA) is 63.6 Å². The molecule has 178 valence electrons. The van der Waals surface area contributed by atoms with Crippen molar-refractivity contribution in [1.29, 1.82) is 0 Å². The van der Waals surface area contributed by atoms with Crippen LogP contribution in [0.15, 0.2) is 29.1 Å². The largest absolute Gasteiger partial charge is 0.383 e. The summed E-state index contributed by atoms with van der Waals surface area (Å²) in [4.78, 5) is 28.7. The molecular formula is C27H37N3O3. The number of ether oxygens (including phenoxy) is 1. The highest BCUT2D eigenvalue weighted by molar-refractivity contribution is 5.95. The highest BCUT2D eigenvalue weighted by Gasteiger charge is 2.25. The van der Waals surface area contributed by atoms with Crippen LogP contribution in [0.5, 0.6) is 0 Å². The predicted molar refractivity (Wildman–Crippen MR) is 132 cm³/mol. The van der Waals surface area contributed by atoms with Crippen molar-refractivity contribution >= 4 is 11.6 Å². The number of hydrogen-bond donors (Lipinski definition) is 1. The van der Waals surface area contributed by atoms with Gasteiger partial charge in [0.15, 0.2) is 5.43 Å². The molecule has 0 radical (unpaired) electrons. The van der Waals surface area contributed by atoms with Gasteiger partial charge < -0.3 is 19.5 Å². The van der Waals surface area contributed by atoms with Crippen LogP contribution in [-0.2, 0) is 30.7 Å². The zero-order valence-electron chi connectivity index (χ0n) is 20.3. The maximum Gasteiger partial charge on any atom is 0.257 e. The molecule has 6 heteroatoms. The minimum Gasteiger partial charge on any atom is -0.383 e. The van der Waals surface area contributed by atoms with Crippen molar-refractivity contribution in [3.05, 3.63) is 62.6 Å². The minimum atomic E-state index is -0.269. The van der Waals surface area contributed by atoms with Gasteiger partial charge in [-0.25, -0.2) is 0 Å². The van der Waals surface area contributed by atoms with Crippen molar-refractivity contribution in [2.45, 2.75) is 65.0 Å². The molecule has 1 fully saturated rings. The number of pyridine rings is 1. The molecule has 6 nitrogen and oxygen atoms in total. The second kappa shape index (κ2) is 10.6. The van der Waals surface area contributed by atoms with E-state index in [0.29, 0.717) is 31.2 Å². The fourth-order valence-electron chi connectivity index (χ4n) is 5.49. The fraction of sp³-hybridized carbons (Fsp3) is 0.556. The van der Waals surface area contributed by atoms with Crippen LogP contribution in [0, 0.1) is 12.8 Å². The lowest BCUT2D eigenvalue weighted by Crippen LogP contribution is -2.33. The first-order valence-corrected chi connectivity index (χ1v) is 12.3. The van der Waals surface area contributed by atoms with Gasteiger partial charge in [0.05, 0.1) is 6.61 Å². The van der Waals surface area contributed by atoms with Gasteiger partial charge in [0.25, 0.3) is 5.91 Å². The molecule has 0 unspecified atom stereocenters. The third kappa shape index (κ3) is 5.32. The van der Waals surface area contributed by atoms with E-state index in [2.05, 4.69) is 40.0 Å². The lowest BCUT2D eigenvalue weighted by molar-refractivity contribution is 0.0947. The number of benzene rings is 1. The highest BCUT2D eigenvalue weighted by atomic mass is 16.5. The van der Waals surface area contributed by atoms with Gasteiger partial charge in [0.2, 0.25) is 0 Å². The molecule has 2 heterocycles. The number of anilines is 1. The zero-order chi connectivity index (χ0) is 23.4. The number of carbonyl (C=O) groups is 1. The summed E-state index contributed by atoms with van der Waals surface area (Å²) in [6.45, 7) is 4.63. The summed E-state index contributed by atoms with van der Waals surface area (Å²) in [6, 6.07) is 8.01. The van der Waals surface area contributed by atoms with Crippen molar-refractivity contribution in [3.63, 3.8) is 0 Å². The van der Waals surface area contributed by atoms with Crippen molar-refractivity contribution in [3.8, 4) is 0 Å². The second-order valence-electron chi connectivity index (χ2n) is 9.64. The van der Waals surface area contributed by atoms with Gasteiger partial charge in [0.1, 0.15) is 5.56 Å². The SMILES string of the molecule is COCCn1c(C)cc(=O)c(C(=O)NCc2ccc3c(c2)CCCN3C)c1CC1CCCC1. The molecule has 0 saturated heterocycles. The Hall–Kier alpha value is -2.60. The molecule has 1 N–H and O–H groups in total. The molecule has 1 aliphatic carbocycles. The Labute approximate surface area is 196 Å². The Bertz CT molecular complexity index is 1050. The summed E-state index contributed by atoms with van der Waals surface area (Å²) in [6.07, 6.45) is 7.77. The molecule has 1 saturated carbocycles. The highest BCUT2D eigenvalue weighted by Crippen LogP contribution is 2.29. The van der Waals surface area contributed by atoms with Crippen LogP contribution >= 0.6 is 0 Å². The smallest absolute Gasteiger partial charge is 0.257 e. The second-order valence-corrected chi connectivity index (χ2v) is 9.64. The number of aryl methyl sites for hydroxylation is 2. The summed E-state index contributed by atoms with van der Waals surface area (Å²) in [5.41, 5.74) is 5.56. The van der Waals surface area contributed by atoms with Crippen molar-refractivity contribution in [1.82, 2.24) is 9.88 Å². The molecule has 1 aliphatic heterocycles. The maximum absolute atomic E-state index is 13.3. The molecule has 1 aromatic heterocycles. The molecule has 0 bridgehead atoms. The number of fused-ring (bicyclic) bond motifs is 1. The number of aromatic nitrogens is 1. The van der Waals surface area contributed by atoms with Crippen molar-refractivity contribution < 1.29 is 9.53 Å². The van der Waals surface area contributed by atoms with Gasteiger partial charge in [-0.05, 0) is 49.3 Å². The molecule has 1 aromatic carbocycles. The number of amides is 1. The quantitative estimate of drug-likeness (QED) is 0.662. The Kier molecular flexibility index (Phi) is 7.53. The maximum atomic E-state index is 13.3. The van der Waals surface area contributed by atoms with Gasteiger partial charge >= 0.3 is 0 Å². The Morgan fingerprint density at radius 1 is 1.18 bits per heavy atom. The molecule has 1 amide bonds. The summed E-state index contributed by atoms with van der Waals surface area (Å²) in [5.74, 6) is 0.262. The van der Waals surface area contributed by atoms with Gasteiger partial charge in [0, 0.05) is 56.9 Å². The molecular weight excluding hydrogens is 414 g/mol. The van der Waals surface area contributed by atoms with Gasteiger partial charge in [-0.1, -0.05) is 37.8 Å². The van der Waals surface area contributed by atoms with E-state index in [1.807, 2.05) is 6.92 Å². The van der Waals surface area contributed by atoms with Gasteiger partial charge in [-0.3, -0.25) is 9.59 Å². The first kappa shape index (κ1) is 23.6. The molecule has 0 atom stereocenters. The van der Waals surface area contributed by atoms with Crippen LogP contribution in [0.25, 0.3) is 0 Å². The van der Waals surface area contributed by atoms with Crippen LogP contribution < -0.4 is 15.6 Å². The van der Waals surface area contributed by atoms with Crippen molar-refractivity contribution in [2.75, 3.05) is 32.2 Å². The molecule has 33 heavy (non-hydrogen) atoms. The summed E-state index contributed by atoms with van der Waals surface area (Å²) < 4.78 is 7.43. The number of rotatable bonds is 8. The van der Waals surface area contributed by atoms with Crippen molar-refractivity contribution in [2.24, 2.45) is 5.92 Å². The van der Waals surface area contributed by atoms with E-state index in [1.54, 1.807) is 13.2 Å². The van der Waals surface area contributed by atoms with E-state index in [4.69, 9.17) is 4.74 Å². The lowest BCUT2D eigenvalue weighted by atomic mass is 9.96. The van der Waals surface area contributed by atoms with Gasteiger partial charge in [-0.15, -0.1) is 0 Å². The summed E-state index contributed by atoms with van der Waals surface area (Å²) >= 11 is 0. The summed E-state index contributed by atoms with van der Waals surface area (Å²) in [7, 11) is 3.80. The normalized spacial score (nSPS) is 16.2.